The summed E-state index contributed by atoms with van der Waals surface area (Å²) < 4.78 is 10.1. The third-order valence-electron chi connectivity index (χ3n) is 9.13. The molecule has 2 aromatic heterocycles. The highest BCUT2D eigenvalue weighted by atomic mass is 32.1. The Bertz CT molecular complexity index is 1830. The molecule has 14 heteroatoms. The number of aromatic nitrogens is 2. The van der Waals surface area contributed by atoms with Crippen molar-refractivity contribution in [1.29, 1.82) is 0 Å². The van der Waals surface area contributed by atoms with E-state index in [1.54, 1.807) is 17.9 Å². The smallest absolute Gasteiger partial charge is 0.408 e. The molecule has 4 rings (SSSR count). The van der Waals surface area contributed by atoms with Gasteiger partial charge in [0.25, 0.3) is 0 Å². The van der Waals surface area contributed by atoms with Gasteiger partial charge in [0.1, 0.15) is 12.6 Å². The molecule has 56 heavy (non-hydrogen) atoms. The molecule has 4 amide bonds. The van der Waals surface area contributed by atoms with Gasteiger partial charge in [0.2, 0.25) is 11.8 Å². The highest BCUT2D eigenvalue weighted by Gasteiger charge is 2.36. The fraction of sp³-hybridized carbons (Fsp3) is 0.429. The minimum Gasteiger partial charge on any atom is -0.453 e. The summed E-state index contributed by atoms with van der Waals surface area (Å²) >= 11 is 1.35. The second kappa shape index (κ2) is 20.5. The number of rotatable bonds is 18. The summed E-state index contributed by atoms with van der Waals surface area (Å²) in [5.74, 6) is -0.751. The molecule has 4 atom stereocenters. The predicted octanol–water partition coefficient (Wildman–Crippen LogP) is 5.82. The maximum Gasteiger partial charge on any atom is 0.408 e. The standard InChI is InChI=1S/C42H54N6O7S/c1-41(2,3)37(48-40(53)55-25-32-24-43-27-56-32)38(51)47-34(21-28-12-8-7-9-13-28)35(49)22-31(46-36(50)23-42(4,5)26-45-39(52)54-6)20-29-15-17-30(18-16-29)33-14-10-11-19-44-33/h7-19,24,27,31,34-35,37,49H,20-23,25-26H2,1-6H3,(H,45,52)(H,46,50)(H,47,51)(H,48,53)/t31?,34?,35?,37-/m1/s1. The number of aliphatic hydroxyl groups excluding tert-OH is 1. The van der Waals surface area contributed by atoms with Crippen LogP contribution in [0.15, 0.2) is 90.7 Å². The first-order valence-electron chi connectivity index (χ1n) is 18.6. The number of benzene rings is 2. The first-order chi connectivity index (χ1) is 26.6. The van der Waals surface area contributed by atoms with Crippen molar-refractivity contribution in [2.45, 2.75) is 91.1 Å². The number of nitrogens with one attached hydrogen (secondary N) is 4. The molecular weight excluding hydrogens is 733 g/mol. The van der Waals surface area contributed by atoms with Crippen LogP contribution in [0.4, 0.5) is 9.59 Å². The van der Waals surface area contributed by atoms with Gasteiger partial charge < -0.3 is 35.8 Å². The number of alkyl carbamates (subject to hydrolysis) is 2. The van der Waals surface area contributed by atoms with Crippen LogP contribution in [0, 0.1) is 10.8 Å². The van der Waals surface area contributed by atoms with Crippen molar-refractivity contribution < 1.29 is 33.8 Å². The fourth-order valence-corrected chi connectivity index (χ4v) is 6.65. The number of ether oxygens (including phenoxy) is 2. The molecule has 13 nitrogen and oxygen atoms in total. The third kappa shape index (κ3) is 14.4. The van der Waals surface area contributed by atoms with E-state index in [-0.39, 0.29) is 38.3 Å². The monoisotopic (exact) mass is 786 g/mol. The van der Waals surface area contributed by atoms with Crippen LogP contribution in [-0.2, 0) is 38.5 Å². The van der Waals surface area contributed by atoms with E-state index < -0.39 is 53.2 Å². The molecule has 5 N–H and O–H groups in total. The zero-order valence-corrected chi connectivity index (χ0v) is 33.7. The van der Waals surface area contributed by atoms with Gasteiger partial charge in [-0.15, -0.1) is 11.3 Å². The van der Waals surface area contributed by atoms with Crippen molar-refractivity contribution >= 4 is 35.3 Å². The molecule has 0 spiro atoms. The Morgan fingerprint density at radius 2 is 1.54 bits per heavy atom. The van der Waals surface area contributed by atoms with Gasteiger partial charge in [0.15, 0.2) is 0 Å². The van der Waals surface area contributed by atoms with E-state index >= 15 is 0 Å². The Labute approximate surface area is 333 Å². The molecule has 4 aromatic rings. The molecule has 2 heterocycles. The van der Waals surface area contributed by atoms with Crippen LogP contribution in [0.2, 0.25) is 0 Å². The summed E-state index contributed by atoms with van der Waals surface area (Å²) in [5, 5.41) is 23.5. The van der Waals surface area contributed by atoms with Gasteiger partial charge in [0.05, 0.1) is 35.3 Å². The van der Waals surface area contributed by atoms with Gasteiger partial charge in [0, 0.05) is 37.0 Å². The third-order valence-corrected chi connectivity index (χ3v) is 9.89. The minimum atomic E-state index is -1.12. The van der Waals surface area contributed by atoms with Crippen molar-refractivity contribution in [1.82, 2.24) is 31.2 Å². The Morgan fingerprint density at radius 1 is 0.839 bits per heavy atom. The Hall–Kier alpha value is -5.34. The molecule has 0 aliphatic carbocycles. The number of amides is 4. The van der Waals surface area contributed by atoms with Gasteiger partial charge >= 0.3 is 12.2 Å². The summed E-state index contributed by atoms with van der Waals surface area (Å²) in [5.41, 5.74) is 3.89. The van der Waals surface area contributed by atoms with Crippen molar-refractivity contribution in [2.24, 2.45) is 10.8 Å². The van der Waals surface area contributed by atoms with E-state index in [1.165, 1.54) is 18.4 Å². The molecule has 0 aliphatic rings. The molecule has 0 bridgehead atoms. The lowest BCUT2D eigenvalue weighted by atomic mass is 9.85. The van der Waals surface area contributed by atoms with Crippen LogP contribution < -0.4 is 21.3 Å². The van der Waals surface area contributed by atoms with Gasteiger partial charge in [-0.05, 0) is 53.4 Å². The Kier molecular flexibility index (Phi) is 15.9. The molecule has 0 aliphatic heterocycles. The van der Waals surface area contributed by atoms with Gasteiger partial charge in [-0.25, -0.2) is 9.59 Å². The van der Waals surface area contributed by atoms with E-state index in [4.69, 9.17) is 9.47 Å². The molecule has 2 aromatic carbocycles. The quantitative estimate of drug-likeness (QED) is 0.0830. The largest absolute Gasteiger partial charge is 0.453 e. The van der Waals surface area contributed by atoms with Gasteiger partial charge in [-0.1, -0.05) is 95.3 Å². The van der Waals surface area contributed by atoms with Crippen molar-refractivity contribution in [2.75, 3.05) is 13.7 Å². The van der Waals surface area contributed by atoms with Gasteiger partial charge in [-0.2, -0.15) is 0 Å². The molecular formula is C42H54N6O7S. The number of nitrogens with zero attached hydrogens (tertiary/aromatic N) is 2. The molecule has 0 radical (unpaired) electrons. The number of thiazole rings is 1. The summed E-state index contributed by atoms with van der Waals surface area (Å²) in [6.07, 6.45) is 1.73. The van der Waals surface area contributed by atoms with E-state index in [2.05, 4.69) is 31.2 Å². The maximum atomic E-state index is 14.0. The molecule has 0 saturated carbocycles. The lowest BCUT2D eigenvalue weighted by Gasteiger charge is -2.34. The Balaban J connectivity index is 1.55. The van der Waals surface area contributed by atoms with E-state index in [1.807, 2.05) is 107 Å². The first-order valence-corrected chi connectivity index (χ1v) is 19.4. The highest BCUT2D eigenvalue weighted by molar-refractivity contribution is 7.09. The number of hydrogen-bond donors (Lipinski definition) is 5. The summed E-state index contributed by atoms with van der Waals surface area (Å²) in [6.45, 7) is 9.44. The second-order valence-corrected chi connectivity index (χ2v) is 16.6. The highest BCUT2D eigenvalue weighted by Crippen LogP contribution is 2.24. The summed E-state index contributed by atoms with van der Waals surface area (Å²) in [7, 11) is 1.28. The second-order valence-electron chi connectivity index (χ2n) is 15.7. The Morgan fingerprint density at radius 3 is 2.16 bits per heavy atom. The van der Waals surface area contributed by atoms with Gasteiger partial charge in [-0.3, -0.25) is 19.6 Å². The molecule has 0 fully saturated rings. The minimum absolute atomic E-state index is 0.0162. The lowest BCUT2D eigenvalue weighted by molar-refractivity contribution is -0.127. The molecule has 3 unspecified atom stereocenters. The number of methoxy groups -OCH3 is 1. The topological polar surface area (TPSA) is 181 Å². The number of carbonyl (C=O) groups excluding carboxylic acids is 4. The molecule has 0 saturated heterocycles. The van der Waals surface area contributed by atoms with Crippen LogP contribution >= 0.6 is 11.3 Å². The summed E-state index contributed by atoms with van der Waals surface area (Å²) in [4.78, 5) is 61.4. The first kappa shape index (κ1) is 43.4. The van der Waals surface area contributed by atoms with Crippen LogP contribution in [0.25, 0.3) is 11.3 Å². The average molecular weight is 787 g/mol. The van der Waals surface area contributed by atoms with E-state index in [0.717, 1.165) is 27.3 Å². The van der Waals surface area contributed by atoms with Crippen LogP contribution in [0.1, 0.15) is 63.5 Å². The van der Waals surface area contributed by atoms with E-state index in [0.29, 0.717) is 6.42 Å². The van der Waals surface area contributed by atoms with Crippen LogP contribution in [-0.4, -0.2) is 77.0 Å². The number of aliphatic hydroxyl groups is 1. The summed E-state index contributed by atoms with van der Waals surface area (Å²) in [6, 6.07) is 20.7. The predicted molar refractivity (Wildman–Crippen MR) is 215 cm³/mol. The van der Waals surface area contributed by atoms with Crippen molar-refractivity contribution in [3.63, 3.8) is 0 Å². The lowest BCUT2D eigenvalue weighted by Crippen LogP contribution is -2.58. The number of carbonyl (C=O) groups is 4. The average Bonchev–Trinajstić information content (AvgIpc) is 3.69. The maximum absolute atomic E-state index is 14.0. The van der Waals surface area contributed by atoms with Crippen LogP contribution in [0.3, 0.4) is 0 Å². The van der Waals surface area contributed by atoms with Crippen LogP contribution in [0.5, 0.6) is 0 Å². The molecule has 300 valence electrons. The zero-order valence-electron chi connectivity index (χ0n) is 32.9. The zero-order chi connectivity index (χ0) is 40.7. The normalized spacial score (nSPS) is 13.7. The number of hydrogen-bond acceptors (Lipinski definition) is 10. The fourth-order valence-electron chi connectivity index (χ4n) is 6.14. The van der Waals surface area contributed by atoms with Crippen molar-refractivity contribution in [3.05, 3.63) is 107 Å². The SMILES string of the molecule is COC(=O)NCC(C)(C)CC(=O)NC(Cc1ccc(-c2ccccn2)cc1)CC(O)C(Cc1ccccc1)NC(=O)[C@@H](NC(=O)OCc1cncs1)C(C)(C)C. The number of pyridine rings is 1. The van der Waals surface area contributed by atoms with Crippen molar-refractivity contribution in [3.8, 4) is 11.3 Å². The van der Waals surface area contributed by atoms with E-state index in [9.17, 15) is 24.3 Å².